The SMILES string of the molecule is CCc1ccc(C(NC(=O)CN(C)S(=O)(=O)c2ccc(NC(C)=O)cc2)c2cccc(F)c2)cc1. The summed E-state index contributed by atoms with van der Waals surface area (Å²) in [4.78, 5) is 24.1. The van der Waals surface area contributed by atoms with Crippen LogP contribution in [0.4, 0.5) is 10.1 Å². The number of aryl methyl sites for hydroxylation is 1. The number of hydrogen-bond acceptors (Lipinski definition) is 4. The average molecular weight is 498 g/mol. The highest BCUT2D eigenvalue weighted by Gasteiger charge is 2.25. The predicted octanol–water partition coefficient (Wildman–Crippen LogP) is 3.87. The number of amides is 2. The van der Waals surface area contributed by atoms with Crippen LogP contribution < -0.4 is 10.6 Å². The number of anilines is 1. The number of carbonyl (C=O) groups is 2. The summed E-state index contributed by atoms with van der Waals surface area (Å²) >= 11 is 0. The van der Waals surface area contributed by atoms with Gasteiger partial charge in [-0.05, 0) is 59.5 Å². The van der Waals surface area contributed by atoms with E-state index in [0.29, 0.717) is 11.3 Å². The van der Waals surface area contributed by atoms with Crippen LogP contribution in [-0.4, -0.2) is 38.1 Å². The van der Waals surface area contributed by atoms with Gasteiger partial charge < -0.3 is 10.6 Å². The maximum Gasteiger partial charge on any atom is 0.243 e. The first-order valence-electron chi connectivity index (χ1n) is 11.1. The van der Waals surface area contributed by atoms with Gasteiger partial charge in [0.15, 0.2) is 0 Å². The Balaban J connectivity index is 1.78. The molecule has 3 aromatic carbocycles. The third-order valence-electron chi connectivity index (χ3n) is 5.46. The van der Waals surface area contributed by atoms with Gasteiger partial charge >= 0.3 is 0 Å². The van der Waals surface area contributed by atoms with Crippen LogP contribution in [0.3, 0.4) is 0 Å². The molecule has 2 amide bonds. The molecule has 0 heterocycles. The first kappa shape index (κ1) is 26.1. The molecule has 0 saturated heterocycles. The number of nitrogens with one attached hydrogen (secondary N) is 2. The number of carbonyl (C=O) groups excluding carboxylic acids is 2. The van der Waals surface area contributed by atoms with E-state index in [0.717, 1.165) is 21.9 Å². The minimum atomic E-state index is -3.96. The van der Waals surface area contributed by atoms with E-state index < -0.39 is 34.3 Å². The van der Waals surface area contributed by atoms with Crippen molar-refractivity contribution in [1.29, 1.82) is 0 Å². The summed E-state index contributed by atoms with van der Waals surface area (Å²) in [6, 6.07) is 18.6. The van der Waals surface area contributed by atoms with Gasteiger partial charge in [-0.1, -0.05) is 43.3 Å². The Kier molecular flexibility index (Phi) is 8.37. The highest BCUT2D eigenvalue weighted by molar-refractivity contribution is 7.89. The van der Waals surface area contributed by atoms with Gasteiger partial charge in [-0.2, -0.15) is 4.31 Å². The van der Waals surface area contributed by atoms with Crippen molar-refractivity contribution in [3.63, 3.8) is 0 Å². The Hall–Kier alpha value is -3.56. The molecule has 1 unspecified atom stereocenters. The molecule has 0 aliphatic rings. The minimum Gasteiger partial charge on any atom is -0.344 e. The number of nitrogens with zero attached hydrogens (tertiary/aromatic N) is 1. The second-order valence-electron chi connectivity index (χ2n) is 8.12. The molecule has 0 saturated carbocycles. The standard InChI is InChI=1S/C26H28FN3O4S/c1-4-19-8-10-20(11-9-19)26(21-6-5-7-22(27)16-21)29-25(32)17-30(3)35(33,34)24-14-12-23(13-15-24)28-18(2)31/h5-16,26H,4,17H2,1-3H3,(H,28,31)(H,29,32). The zero-order valence-electron chi connectivity index (χ0n) is 19.8. The van der Waals surface area contributed by atoms with Gasteiger partial charge in [0.25, 0.3) is 0 Å². The summed E-state index contributed by atoms with van der Waals surface area (Å²) in [6.45, 7) is 2.95. The van der Waals surface area contributed by atoms with Gasteiger partial charge in [0, 0.05) is 19.7 Å². The van der Waals surface area contributed by atoms with Crippen LogP contribution in [0.15, 0.2) is 77.7 Å². The number of sulfonamides is 1. The number of hydrogen-bond donors (Lipinski definition) is 2. The van der Waals surface area contributed by atoms with Crippen molar-refractivity contribution in [2.24, 2.45) is 0 Å². The molecule has 3 aromatic rings. The Morgan fingerprint density at radius 2 is 1.63 bits per heavy atom. The lowest BCUT2D eigenvalue weighted by Crippen LogP contribution is -2.40. The number of likely N-dealkylation sites (N-methyl/N-ethyl adjacent to an activating group) is 1. The molecule has 0 radical (unpaired) electrons. The maximum absolute atomic E-state index is 13.9. The molecular weight excluding hydrogens is 469 g/mol. The molecule has 9 heteroatoms. The number of rotatable bonds is 9. The summed E-state index contributed by atoms with van der Waals surface area (Å²) in [5, 5.41) is 5.41. The van der Waals surface area contributed by atoms with Crippen LogP contribution in [0, 0.1) is 5.82 Å². The monoisotopic (exact) mass is 497 g/mol. The van der Waals surface area contributed by atoms with Crippen molar-refractivity contribution in [2.45, 2.75) is 31.2 Å². The smallest absolute Gasteiger partial charge is 0.243 e. The molecule has 0 bridgehead atoms. The summed E-state index contributed by atoms with van der Waals surface area (Å²) in [5.74, 6) is -1.25. The quantitative estimate of drug-likeness (QED) is 0.469. The lowest BCUT2D eigenvalue weighted by Gasteiger charge is -2.23. The van der Waals surface area contributed by atoms with Gasteiger partial charge in [0.2, 0.25) is 21.8 Å². The lowest BCUT2D eigenvalue weighted by molar-refractivity contribution is -0.121. The van der Waals surface area contributed by atoms with Crippen LogP contribution in [-0.2, 0) is 26.0 Å². The molecule has 7 nitrogen and oxygen atoms in total. The Bertz CT molecular complexity index is 1290. The Morgan fingerprint density at radius 3 is 2.20 bits per heavy atom. The second-order valence-corrected chi connectivity index (χ2v) is 10.2. The normalized spacial score (nSPS) is 12.3. The topological polar surface area (TPSA) is 95.6 Å². The fraction of sp³-hybridized carbons (Fsp3) is 0.231. The van der Waals surface area contributed by atoms with Crippen molar-refractivity contribution in [1.82, 2.24) is 9.62 Å². The number of benzene rings is 3. The van der Waals surface area contributed by atoms with Crippen molar-refractivity contribution < 1.29 is 22.4 Å². The van der Waals surface area contributed by atoms with Crippen LogP contribution in [0.25, 0.3) is 0 Å². The van der Waals surface area contributed by atoms with E-state index in [1.807, 2.05) is 31.2 Å². The maximum atomic E-state index is 13.9. The fourth-order valence-electron chi connectivity index (χ4n) is 3.58. The van der Waals surface area contributed by atoms with Gasteiger partial charge in [-0.3, -0.25) is 9.59 Å². The van der Waals surface area contributed by atoms with Crippen LogP contribution in [0.1, 0.15) is 36.6 Å². The van der Waals surface area contributed by atoms with Crippen LogP contribution in [0.5, 0.6) is 0 Å². The molecule has 3 rings (SSSR count). The van der Waals surface area contributed by atoms with Gasteiger partial charge in [-0.25, -0.2) is 12.8 Å². The second kappa shape index (κ2) is 11.2. The summed E-state index contributed by atoms with van der Waals surface area (Å²) in [5.41, 5.74) is 2.87. The molecule has 0 aliphatic carbocycles. The van der Waals surface area contributed by atoms with Crippen molar-refractivity contribution in [3.8, 4) is 0 Å². The summed E-state index contributed by atoms with van der Waals surface area (Å²) < 4.78 is 40.8. The molecular formula is C26H28FN3O4S. The molecule has 2 N–H and O–H groups in total. The molecule has 0 spiro atoms. The summed E-state index contributed by atoms with van der Waals surface area (Å²) in [6.07, 6.45) is 0.853. The Labute approximate surface area is 205 Å². The molecule has 0 aliphatic heterocycles. The fourth-order valence-corrected chi connectivity index (χ4v) is 4.71. The van der Waals surface area contributed by atoms with E-state index >= 15 is 0 Å². The molecule has 35 heavy (non-hydrogen) atoms. The van der Waals surface area contributed by atoms with E-state index in [1.54, 1.807) is 12.1 Å². The largest absolute Gasteiger partial charge is 0.344 e. The number of halogens is 1. The zero-order valence-corrected chi connectivity index (χ0v) is 20.6. The van der Waals surface area contributed by atoms with Crippen LogP contribution >= 0.6 is 0 Å². The molecule has 0 fully saturated rings. The van der Waals surface area contributed by atoms with E-state index in [4.69, 9.17) is 0 Å². The van der Waals surface area contributed by atoms with Crippen molar-refractivity contribution >= 4 is 27.5 Å². The highest BCUT2D eigenvalue weighted by atomic mass is 32.2. The van der Waals surface area contributed by atoms with Gasteiger partial charge in [0.05, 0.1) is 17.5 Å². The average Bonchev–Trinajstić information content (AvgIpc) is 2.82. The van der Waals surface area contributed by atoms with E-state index in [9.17, 15) is 22.4 Å². The third kappa shape index (κ3) is 6.74. The van der Waals surface area contributed by atoms with E-state index in [2.05, 4.69) is 10.6 Å². The van der Waals surface area contributed by atoms with Crippen LogP contribution in [0.2, 0.25) is 0 Å². The predicted molar refractivity (Wildman–Crippen MR) is 133 cm³/mol. The lowest BCUT2D eigenvalue weighted by atomic mass is 9.97. The molecule has 1 atom stereocenters. The zero-order chi connectivity index (χ0) is 25.6. The van der Waals surface area contributed by atoms with Gasteiger partial charge in [-0.15, -0.1) is 0 Å². The van der Waals surface area contributed by atoms with E-state index in [1.165, 1.54) is 50.4 Å². The highest BCUT2D eigenvalue weighted by Crippen LogP contribution is 2.24. The van der Waals surface area contributed by atoms with Crippen molar-refractivity contribution in [3.05, 3.63) is 95.3 Å². The van der Waals surface area contributed by atoms with Gasteiger partial charge in [0.1, 0.15) is 5.82 Å². The first-order valence-corrected chi connectivity index (χ1v) is 12.5. The van der Waals surface area contributed by atoms with Crippen molar-refractivity contribution in [2.75, 3.05) is 18.9 Å². The molecule has 184 valence electrons. The Morgan fingerprint density at radius 1 is 0.971 bits per heavy atom. The first-order chi connectivity index (χ1) is 16.6. The summed E-state index contributed by atoms with van der Waals surface area (Å²) in [7, 11) is -2.65. The molecule has 0 aromatic heterocycles. The minimum absolute atomic E-state index is 0.0151. The third-order valence-corrected chi connectivity index (χ3v) is 7.28. The van der Waals surface area contributed by atoms with E-state index in [-0.39, 0.29) is 10.8 Å².